The van der Waals surface area contributed by atoms with Gasteiger partial charge in [-0.3, -0.25) is 4.79 Å². The molecule has 1 fully saturated rings. The highest BCUT2D eigenvalue weighted by atomic mass is 16.5. The fraction of sp³-hybridized carbons (Fsp3) is 0.900. The fourth-order valence-electron chi connectivity index (χ4n) is 1.62. The van der Waals surface area contributed by atoms with Gasteiger partial charge < -0.3 is 15.8 Å². The molecular weight excluding hydrogens is 180 g/mol. The molecule has 1 aliphatic rings. The van der Waals surface area contributed by atoms with Crippen LogP contribution in [0.3, 0.4) is 0 Å². The van der Waals surface area contributed by atoms with Gasteiger partial charge in [-0.1, -0.05) is 6.92 Å². The molecule has 4 heteroatoms. The van der Waals surface area contributed by atoms with Crippen molar-refractivity contribution in [3.8, 4) is 0 Å². The zero-order valence-corrected chi connectivity index (χ0v) is 8.79. The van der Waals surface area contributed by atoms with Crippen molar-refractivity contribution in [3.63, 3.8) is 0 Å². The second-order valence-electron chi connectivity index (χ2n) is 3.72. The van der Waals surface area contributed by atoms with Gasteiger partial charge in [-0.15, -0.1) is 0 Å². The average Bonchev–Trinajstić information content (AvgIpc) is 2.69. The molecule has 14 heavy (non-hydrogen) atoms. The second-order valence-corrected chi connectivity index (χ2v) is 3.72. The Balaban J connectivity index is 2.18. The summed E-state index contributed by atoms with van der Waals surface area (Å²) in [6.07, 6.45) is 3.18. The average molecular weight is 200 g/mol. The van der Waals surface area contributed by atoms with Crippen LogP contribution >= 0.6 is 0 Å². The molecule has 0 radical (unpaired) electrons. The standard InChI is InChI=1S/C10H20N2O2/c1-2-8(6-11)10(13)12-7-9-4-3-5-14-9/h8-9H,2-7,11H2,1H3,(H,12,13). The lowest BCUT2D eigenvalue weighted by Gasteiger charge is -2.15. The lowest BCUT2D eigenvalue weighted by Crippen LogP contribution is -2.38. The van der Waals surface area contributed by atoms with Crippen molar-refractivity contribution in [3.05, 3.63) is 0 Å². The van der Waals surface area contributed by atoms with Gasteiger partial charge in [0.05, 0.1) is 6.10 Å². The quantitative estimate of drug-likeness (QED) is 0.669. The van der Waals surface area contributed by atoms with Crippen LogP contribution in [0.2, 0.25) is 0 Å². The highest BCUT2D eigenvalue weighted by Gasteiger charge is 2.19. The third-order valence-corrected chi connectivity index (χ3v) is 2.68. The molecule has 0 aromatic heterocycles. The second kappa shape index (κ2) is 5.98. The lowest BCUT2D eigenvalue weighted by atomic mass is 10.1. The van der Waals surface area contributed by atoms with Gasteiger partial charge in [0.25, 0.3) is 0 Å². The molecule has 2 atom stereocenters. The van der Waals surface area contributed by atoms with Crippen molar-refractivity contribution in [2.75, 3.05) is 19.7 Å². The van der Waals surface area contributed by atoms with Crippen LogP contribution in [0, 0.1) is 5.92 Å². The monoisotopic (exact) mass is 200 g/mol. The molecule has 0 spiro atoms. The fourth-order valence-corrected chi connectivity index (χ4v) is 1.62. The predicted molar refractivity (Wildman–Crippen MR) is 54.8 cm³/mol. The Bertz CT molecular complexity index is 175. The molecule has 0 saturated carbocycles. The lowest BCUT2D eigenvalue weighted by molar-refractivity contribution is -0.125. The maximum absolute atomic E-state index is 11.5. The number of ether oxygens (including phenoxy) is 1. The van der Waals surface area contributed by atoms with Crippen LogP contribution in [0.1, 0.15) is 26.2 Å². The molecule has 1 amide bonds. The summed E-state index contributed by atoms with van der Waals surface area (Å²) < 4.78 is 5.40. The van der Waals surface area contributed by atoms with E-state index < -0.39 is 0 Å². The Morgan fingerprint density at radius 2 is 2.50 bits per heavy atom. The highest BCUT2D eigenvalue weighted by molar-refractivity contribution is 5.78. The summed E-state index contributed by atoms with van der Waals surface area (Å²) >= 11 is 0. The summed E-state index contributed by atoms with van der Waals surface area (Å²) in [6, 6.07) is 0. The number of carbonyl (C=O) groups is 1. The first kappa shape index (κ1) is 11.5. The summed E-state index contributed by atoms with van der Waals surface area (Å²) in [7, 11) is 0. The largest absolute Gasteiger partial charge is 0.376 e. The molecule has 1 rings (SSSR count). The van der Waals surface area contributed by atoms with Crippen molar-refractivity contribution in [2.45, 2.75) is 32.3 Å². The highest BCUT2D eigenvalue weighted by Crippen LogP contribution is 2.10. The summed E-state index contributed by atoms with van der Waals surface area (Å²) in [5.74, 6) is 0.0157. The van der Waals surface area contributed by atoms with Gasteiger partial charge in [0.15, 0.2) is 0 Å². The molecule has 82 valence electrons. The van der Waals surface area contributed by atoms with Gasteiger partial charge in [0, 0.05) is 25.6 Å². The summed E-state index contributed by atoms with van der Waals surface area (Å²) in [5, 5.41) is 2.88. The van der Waals surface area contributed by atoms with Crippen LogP contribution in [0.5, 0.6) is 0 Å². The summed E-state index contributed by atoms with van der Waals surface area (Å²) in [6.45, 7) is 3.86. The first-order valence-electron chi connectivity index (χ1n) is 5.37. The smallest absolute Gasteiger partial charge is 0.224 e. The van der Waals surface area contributed by atoms with Crippen LogP contribution in [-0.4, -0.2) is 31.7 Å². The number of hydrogen-bond acceptors (Lipinski definition) is 3. The minimum atomic E-state index is -0.0450. The van der Waals surface area contributed by atoms with Crippen molar-refractivity contribution < 1.29 is 9.53 Å². The number of nitrogens with one attached hydrogen (secondary N) is 1. The van der Waals surface area contributed by atoms with Crippen molar-refractivity contribution in [1.82, 2.24) is 5.32 Å². The molecule has 0 aliphatic carbocycles. The van der Waals surface area contributed by atoms with Crippen molar-refractivity contribution in [1.29, 1.82) is 0 Å². The number of hydrogen-bond donors (Lipinski definition) is 2. The van der Waals surface area contributed by atoms with E-state index >= 15 is 0 Å². The molecule has 0 aromatic carbocycles. The van der Waals surface area contributed by atoms with Gasteiger partial charge >= 0.3 is 0 Å². The molecule has 1 saturated heterocycles. The van der Waals surface area contributed by atoms with E-state index in [0.717, 1.165) is 25.9 Å². The van der Waals surface area contributed by atoms with E-state index in [1.54, 1.807) is 0 Å². The van der Waals surface area contributed by atoms with E-state index in [1.165, 1.54) is 0 Å². The predicted octanol–water partition coefficient (Wildman–Crippen LogP) is 0.267. The van der Waals surface area contributed by atoms with Gasteiger partial charge in [-0.2, -0.15) is 0 Å². The Labute approximate surface area is 85.2 Å². The molecule has 4 nitrogen and oxygen atoms in total. The van der Waals surface area contributed by atoms with E-state index in [4.69, 9.17) is 10.5 Å². The number of amides is 1. The Kier molecular flexibility index (Phi) is 4.90. The van der Waals surface area contributed by atoms with E-state index in [9.17, 15) is 4.79 Å². The molecule has 0 bridgehead atoms. The Morgan fingerprint density at radius 1 is 1.71 bits per heavy atom. The first-order chi connectivity index (χ1) is 6.77. The van der Waals surface area contributed by atoms with Crippen LogP contribution in [0.4, 0.5) is 0 Å². The SMILES string of the molecule is CCC(CN)C(=O)NCC1CCCO1. The van der Waals surface area contributed by atoms with Crippen LogP contribution in [0.15, 0.2) is 0 Å². The van der Waals surface area contributed by atoms with E-state index in [0.29, 0.717) is 13.1 Å². The summed E-state index contributed by atoms with van der Waals surface area (Å²) in [4.78, 5) is 11.5. The van der Waals surface area contributed by atoms with E-state index in [-0.39, 0.29) is 17.9 Å². The zero-order chi connectivity index (χ0) is 10.4. The maximum Gasteiger partial charge on any atom is 0.224 e. The maximum atomic E-state index is 11.5. The van der Waals surface area contributed by atoms with Crippen LogP contribution in [0.25, 0.3) is 0 Å². The van der Waals surface area contributed by atoms with Gasteiger partial charge in [0.2, 0.25) is 5.91 Å². The van der Waals surface area contributed by atoms with Crippen LogP contribution < -0.4 is 11.1 Å². The summed E-state index contributed by atoms with van der Waals surface area (Å²) in [5.41, 5.74) is 5.48. The van der Waals surface area contributed by atoms with Gasteiger partial charge in [0.1, 0.15) is 0 Å². The van der Waals surface area contributed by atoms with Crippen molar-refractivity contribution in [2.24, 2.45) is 11.7 Å². The Morgan fingerprint density at radius 3 is 3.00 bits per heavy atom. The van der Waals surface area contributed by atoms with E-state index in [1.807, 2.05) is 6.92 Å². The topological polar surface area (TPSA) is 64.4 Å². The zero-order valence-electron chi connectivity index (χ0n) is 8.79. The Hall–Kier alpha value is -0.610. The first-order valence-corrected chi connectivity index (χ1v) is 5.37. The minimum absolute atomic E-state index is 0.0450. The third kappa shape index (κ3) is 3.27. The number of carbonyl (C=O) groups excluding carboxylic acids is 1. The number of rotatable bonds is 5. The molecule has 2 unspecified atom stereocenters. The minimum Gasteiger partial charge on any atom is -0.376 e. The third-order valence-electron chi connectivity index (χ3n) is 2.68. The van der Waals surface area contributed by atoms with Gasteiger partial charge in [-0.05, 0) is 19.3 Å². The van der Waals surface area contributed by atoms with Gasteiger partial charge in [-0.25, -0.2) is 0 Å². The van der Waals surface area contributed by atoms with Crippen LogP contribution in [-0.2, 0) is 9.53 Å². The normalized spacial score (nSPS) is 23.4. The molecule has 0 aromatic rings. The molecule has 1 heterocycles. The molecule has 1 aliphatic heterocycles. The number of nitrogens with two attached hydrogens (primary N) is 1. The molecular formula is C10H20N2O2. The van der Waals surface area contributed by atoms with E-state index in [2.05, 4.69) is 5.32 Å². The molecule has 3 N–H and O–H groups in total. The van der Waals surface area contributed by atoms with Crippen molar-refractivity contribution >= 4 is 5.91 Å².